The van der Waals surface area contributed by atoms with Gasteiger partial charge in [0.15, 0.2) is 0 Å². The van der Waals surface area contributed by atoms with Crippen molar-refractivity contribution in [2.45, 2.75) is 40.2 Å². The first-order chi connectivity index (χ1) is 14.4. The number of nitrogens with zero attached hydrogens (tertiary/aromatic N) is 4. The molecule has 3 N–H and O–H groups in total. The third-order valence-electron chi connectivity index (χ3n) is 4.38. The van der Waals surface area contributed by atoms with Crippen molar-refractivity contribution >= 4 is 5.95 Å². The van der Waals surface area contributed by atoms with E-state index in [0.717, 1.165) is 35.3 Å². The van der Waals surface area contributed by atoms with Crippen molar-refractivity contribution < 1.29 is 19.5 Å². The van der Waals surface area contributed by atoms with Crippen LogP contribution in [0.1, 0.15) is 30.2 Å². The first kappa shape index (κ1) is 21.7. The lowest BCUT2D eigenvalue weighted by Gasteiger charge is -2.15. The molecule has 0 amide bonds. The Bertz CT molecular complexity index is 982. The Kier molecular flexibility index (Phi) is 6.96. The van der Waals surface area contributed by atoms with Crippen molar-refractivity contribution in [1.82, 2.24) is 20.1 Å². The molecule has 0 bridgehead atoms. The van der Waals surface area contributed by atoms with Gasteiger partial charge in [-0.3, -0.25) is 0 Å². The number of benzene rings is 1. The number of nitrogens with one attached hydrogen (secondary N) is 1. The van der Waals surface area contributed by atoms with E-state index in [9.17, 15) is 5.11 Å². The summed E-state index contributed by atoms with van der Waals surface area (Å²) in [7, 11) is 0. The number of aryl methyl sites for hydroxylation is 3. The molecular formula is C21H27N5O4. The minimum atomic E-state index is -0.920. The largest absolute Gasteiger partial charge is 0.490 e. The first-order valence-electron chi connectivity index (χ1n) is 9.88. The van der Waals surface area contributed by atoms with Crippen LogP contribution >= 0.6 is 0 Å². The van der Waals surface area contributed by atoms with Gasteiger partial charge in [-0.05, 0) is 56.5 Å². The van der Waals surface area contributed by atoms with Gasteiger partial charge >= 0.3 is 0 Å². The standard InChI is InChI=1S/C21H27N5O4/c1-5-6-22-21-23-14(4)9-17(24-21)20-25-19(26-30-20)15-7-12(2)18(13(3)8-15)29-11-16(28)10-27/h7-9,16,27-28H,5-6,10-11H2,1-4H3,(H,22,23,24)/t16-/m0/s1. The summed E-state index contributed by atoms with van der Waals surface area (Å²) in [5.41, 5.74) is 3.88. The lowest BCUT2D eigenvalue weighted by Crippen LogP contribution is -2.21. The Morgan fingerprint density at radius 2 is 1.83 bits per heavy atom. The molecule has 9 heteroatoms. The molecule has 1 aromatic carbocycles. The molecule has 0 aliphatic rings. The lowest BCUT2D eigenvalue weighted by atomic mass is 10.1. The quantitative estimate of drug-likeness (QED) is 0.485. The van der Waals surface area contributed by atoms with E-state index in [1.54, 1.807) is 6.07 Å². The summed E-state index contributed by atoms with van der Waals surface area (Å²) in [6, 6.07) is 5.58. The lowest BCUT2D eigenvalue weighted by molar-refractivity contribution is 0.0532. The minimum Gasteiger partial charge on any atom is -0.490 e. The zero-order valence-corrected chi connectivity index (χ0v) is 17.6. The van der Waals surface area contributed by atoms with Crippen LogP contribution in [0.3, 0.4) is 0 Å². The highest BCUT2D eigenvalue weighted by atomic mass is 16.5. The van der Waals surface area contributed by atoms with Crippen LogP contribution in [-0.4, -0.2) is 56.2 Å². The van der Waals surface area contributed by atoms with Crippen LogP contribution in [0.25, 0.3) is 23.0 Å². The molecule has 9 nitrogen and oxygen atoms in total. The van der Waals surface area contributed by atoms with Gasteiger partial charge in [0.25, 0.3) is 5.89 Å². The predicted octanol–water partition coefficient (Wildman–Crippen LogP) is 2.67. The second kappa shape index (κ2) is 9.64. The third-order valence-corrected chi connectivity index (χ3v) is 4.38. The Balaban J connectivity index is 1.85. The number of rotatable bonds is 9. The van der Waals surface area contributed by atoms with Gasteiger partial charge in [-0.1, -0.05) is 12.1 Å². The fraction of sp³-hybridized carbons (Fsp3) is 0.429. The summed E-state index contributed by atoms with van der Waals surface area (Å²) >= 11 is 0. The molecule has 0 aliphatic carbocycles. The highest BCUT2D eigenvalue weighted by Crippen LogP contribution is 2.30. The second-order valence-electron chi connectivity index (χ2n) is 7.15. The van der Waals surface area contributed by atoms with Gasteiger partial charge in [0.2, 0.25) is 11.8 Å². The van der Waals surface area contributed by atoms with Crippen LogP contribution < -0.4 is 10.1 Å². The molecule has 2 heterocycles. The van der Waals surface area contributed by atoms with Crippen LogP contribution in [0.4, 0.5) is 5.95 Å². The molecule has 0 aliphatic heterocycles. The molecule has 0 saturated carbocycles. The van der Waals surface area contributed by atoms with E-state index in [0.29, 0.717) is 29.1 Å². The molecule has 160 valence electrons. The van der Waals surface area contributed by atoms with E-state index in [1.807, 2.05) is 32.9 Å². The Morgan fingerprint density at radius 1 is 1.10 bits per heavy atom. The summed E-state index contributed by atoms with van der Waals surface area (Å²) in [6.07, 6.45) is 0.0469. The van der Waals surface area contributed by atoms with E-state index >= 15 is 0 Å². The fourth-order valence-electron chi connectivity index (χ4n) is 2.98. The predicted molar refractivity (Wildman–Crippen MR) is 112 cm³/mol. The number of hydrogen-bond donors (Lipinski definition) is 3. The number of aliphatic hydroxyl groups is 2. The average Bonchev–Trinajstić information content (AvgIpc) is 3.21. The highest BCUT2D eigenvalue weighted by Gasteiger charge is 2.16. The third kappa shape index (κ3) is 5.11. The number of anilines is 1. The molecule has 1 atom stereocenters. The van der Waals surface area contributed by atoms with E-state index in [4.69, 9.17) is 14.4 Å². The molecule has 2 aromatic heterocycles. The first-order valence-corrected chi connectivity index (χ1v) is 9.88. The maximum atomic E-state index is 9.51. The molecule has 0 fully saturated rings. The normalized spacial score (nSPS) is 12.1. The van der Waals surface area contributed by atoms with E-state index < -0.39 is 6.10 Å². The van der Waals surface area contributed by atoms with Crippen LogP contribution in [0.5, 0.6) is 5.75 Å². The van der Waals surface area contributed by atoms with Crippen molar-refractivity contribution in [3.8, 4) is 28.7 Å². The maximum absolute atomic E-state index is 9.51. The molecule has 30 heavy (non-hydrogen) atoms. The second-order valence-corrected chi connectivity index (χ2v) is 7.15. The average molecular weight is 413 g/mol. The van der Waals surface area contributed by atoms with Gasteiger partial charge in [-0.25, -0.2) is 9.97 Å². The van der Waals surface area contributed by atoms with Crippen LogP contribution in [-0.2, 0) is 0 Å². The topological polar surface area (TPSA) is 126 Å². The van der Waals surface area contributed by atoms with E-state index in [2.05, 4.69) is 32.3 Å². The zero-order chi connectivity index (χ0) is 21.7. The summed E-state index contributed by atoms with van der Waals surface area (Å²) in [5.74, 6) is 1.95. The van der Waals surface area contributed by atoms with Crippen molar-refractivity contribution in [1.29, 1.82) is 0 Å². The van der Waals surface area contributed by atoms with Crippen LogP contribution in [0.2, 0.25) is 0 Å². The van der Waals surface area contributed by atoms with Gasteiger partial charge in [-0.2, -0.15) is 4.98 Å². The SMILES string of the molecule is CCCNc1nc(C)cc(-c2nc(-c3cc(C)c(OC[C@@H](O)CO)c(C)c3)no2)n1. The number of ether oxygens (including phenoxy) is 1. The number of aromatic nitrogens is 4. The molecular weight excluding hydrogens is 386 g/mol. The van der Waals surface area contributed by atoms with Gasteiger partial charge in [0.1, 0.15) is 24.2 Å². The summed E-state index contributed by atoms with van der Waals surface area (Å²) in [5, 5.41) is 25.7. The van der Waals surface area contributed by atoms with E-state index in [1.165, 1.54) is 0 Å². The highest BCUT2D eigenvalue weighted by molar-refractivity contribution is 5.63. The van der Waals surface area contributed by atoms with Crippen LogP contribution in [0.15, 0.2) is 22.7 Å². The number of aliphatic hydroxyl groups excluding tert-OH is 2. The Morgan fingerprint density at radius 3 is 2.50 bits per heavy atom. The van der Waals surface area contributed by atoms with Crippen molar-refractivity contribution in [3.05, 3.63) is 35.0 Å². The van der Waals surface area contributed by atoms with Crippen LogP contribution in [0, 0.1) is 20.8 Å². The molecule has 0 spiro atoms. The monoisotopic (exact) mass is 413 g/mol. The van der Waals surface area contributed by atoms with Gasteiger partial charge in [0.05, 0.1) is 6.61 Å². The van der Waals surface area contributed by atoms with Crippen molar-refractivity contribution in [2.75, 3.05) is 25.1 Å². The van der Waals surface area contributed by atoms with Crippen molar-refractivity contribution in [2.24, 2.45) is 0 Å². The van der Waals surface area contributed by atoms with E-state index in [-0.39, 0.29) is 13.2 Å². The van der Waals surface area contributed by atoms with Gasteiger partial charge in [0, 0.05) is 17.8 Å². The van der Waals surface area contributed by atoms with Crippen molar-refractivity contribution in [3.63, 3.8) is 0 Å². The Labute approximate surface area is 175 Å². The maximum Gasteiger partial charge on any atom is 0.277 e. The molecule has 0 radical (unpaired) electrons. The fourth-order valence-corrected chi connectivity index (χ4v) is 2.98. The summed E-state index contributed by atoms with van der Waals surface area (Å²) in [6.45, 7) is 8.21. The summed E-state index contributed by atoms with van der Waals surface area (Å²) < 4.78 is 11.1. The zero-order valence-electron chi connectivity index (χ0n) is 17.6. The molecule has 0 unspecified atom stereocenters. The molecule has 3 aromatic rings. The minimum absolute atomic E-state index is 0.0192. The smallest absolute Gasteiger partial charge is 0.277 e. The molecule has 0 saturated heterocycles. The Hall–Kier alpha value is -3.04. The number of hydrogen-bond acceptors (Lipinski definition) is 9. The van der Waals surface area contributed by atoms with Gasteiger partial charge in [-0.15, -0.1) is 0 Å². The van der Waals surface area contributed by atoms with Gasteiger partial charge < -0.3 is 24.8 Å². The molecule has 3 rings (SSSR count). The summed E-state index contributed by atoms with van der Waals surface area (Å²) in [4.78, 5) is 13.3.